The second kappa shape index (κ2) is 4.72. The number of carbonyl (C=O) groups is 1. The van der Waals surface area contributed by atoms with Gasteiger partial charge in [-0.2, -0.15) is 0 Å². The monoisotopic (exact) mass is 225 g/mol. The van der Waals surface area contributed by atoms with Crippen molar-refractivity contribution in [2.24, 2.45) is 5.92 Å². The summed E-state index contributed by atoms with van der Waals surface area (Å²) in [7, 11) is 4.04. The summed E-state index contributed by atoms with van der Waals surface area (Å²) >= 11 is 0. The molecule has 0 aromatic heterocycles. The molecule has 0 aromatic carbocycles. The third kappa shape index (κ3) is 2.74. The van der Waals surface area contributed by atoms with Crippen LogP contribution in [-0.2, 0) is 4.79 Å². The van der Waals surface area contributed by atoms with Gasteiger partial charge in [-0.15, -0.1) is 0 Å². The van der Waals surface area contributed by atoms with Gasteiger partial charge in [0.15, 0.2) is 0 Å². The topological polar surface area (TPSA) is 35.6 Å². The lowest BCUT2D eigenvalue weighted by Crippen LogP contribution is -2.49. The van der Waals surface area contributed by atoms with Crippen LogP contribution in [0.3, 0.4) is 0 Å². The Hall–Kier alpha value is -0.610. The summed E-state index contributed by atoms with van der Waals surface area (Å²) in [6, 6.07) is 0.528. The van der Waals surface area contributed by atoms with Gasteiger partial charge < -0.3 is 15.1 Å². The highest BCUT2D eigenvalue weighted by atomic mass is 16.2. The van der Waals surface area contributed by atoms with Crippen LogP contribution in [0.4, 0.5) is 0 Å². The number of rotatable bonds is 3. The lowest BCUT2D eigenvalue weighted by atomic mass is 10.2. The van der Waals surface area contributed by atoms with Crippen molar-refractivity contribution in [2.75, 3.05) is 33.7 Å². The Morgan fingerprint density at radius 2 is 2.12 bits per heavy atom. The van der Waals surface area contributed by atoms with Gasteiger partial charge in [-0.3, -0.25) is 4.79 Å². The first-order valence-corrected chi connectivity index (χ1v) is 6.26. The zero-order valence-corrected chi connectivity index (χ0v) is 10.6. The molecule has 1 amide bonds. The lowest BCUT2D eigenvalue weighted by Gasteiger charge is -2.26. The Bertz CT molecular complexity index is 263. The lowest BCUT2D eigenvalue weighted by molar-refractivity contribution is -0.133. The average Bonchev–Trinajstić information content (AvgIpc) is 3.01. The van der Waals surface area contributed by atoms with E-state index in [1.54, 1.807) is 0 Å². The molecule has 2 atom stereocenters. The third-order valence-corrected chi connectivity index (χ3v) is 3.34. The number of nitrogens with zero attached hydrogens (tertiary/aromatic N) is 2. The molecule has 4 heteroatoms. The zero-order chi connectivity index (χ0) is 11.7. The third-order valence-electron chi connectivity index (χ3n) is 3.34. The van der Waals surface area contributed by atoms with Gasteiger partial charge in [0, 0.05) is 25.7 Å². The van der Waals surface area contributed by atoms with Crippen molar-refractivity contribution in [1.82, 2.24) is 15.1 Å². The predicted molar refractivity (Wildman–Crippen MR) is 64.2 cm³/mol. The molecular weight excluding hydrogens is 202 g/mol. The van der Waals surface area contributed by atoms with Crippen LogP contribution in [0.2, 0.25) is 0 Å². The fourth-order valence-corrected chi connectivity index (χ4v) is 2.34. The molecule has 16 heavy (non-hydrogen) atoms. The Balaban J connectivity index is 2.04. The molecule has 92 valence electrons. The highest BCUT2D eigenvalue weighted by Gasteiger charge is 2.38. The molecule has 4 nitrogen and oxygen atoms in total. The number of hydrogen-bond donors (Lipinski definition) is 1. The van der Waals surface area contributed by atoms with E-state index in [1.807, 2.05) is 14.1 Å². The molecule has 1 aliphatic carbocycles. The average molecular weight is 225 g/mol. The van der Waals surface area contributed by atoms with Gasteiger partial charge in [-0.05, 0) is 32.9 Å². The van der Waals surface area contributed by atoms with E-state index >= 15 is 0 Å². The smallest absolute Gasteiger partial charge is 0.241 e. The first-order valence-electron chi connectivity index (χ1n) is 6.26. The molecule has 1 aliphatic heterocycles. The summed E-state index contributed by atoms with van der Waals surface area (Å²) in [5.74, 6) is 0.872. The highest BCUT2D eigenvalue weighted by molar-refractivity contribution is 5.83. The van der Waals surface area contributed by atoms with Crippen molar-refractivity contribution in [3.05, 3.63) is 0 Å². The summed E-state index contributed by atoms with van der Waals surface area (Å²) in [6.45, 7) is 4.90. The van der Waals surface area contributed by atoms with Gasteiger partial charge in [0.05, 0.1) is 6.04 Å². The molecule has 2 unspecified atom stereocenters. The molecule has 2 rings (SSSR count). The van der Waals surface area contributed by atoms with Crippen LogP contribution >= 0.6 is 0 Å². The zero-order valence-electron chi connectivity index (χ0n) is 10.6. The maximum atomic E-state index is 12.3. The molecule has 0 spiro atoms. The van der Waals surface area contributed by atoms with E-state index in [0.29, 0.717) is 17.9 Å². The fraction of sp³-hybridized carbons (Fsp3) is 0.917. The summed E-state index contributed by atoms with van der Waals surface area (Å²) in [5.41, 5.74) is 0. The van der Waals surface area contributed by atoms with Crippen molar-refractivity contribution in [1.29, 1.82) is 0 Å². The van der Waals surface area contributed by atoms with Crippen molar-refractivity contribution in [3.63, 3.8) is 0 Å². The summed E-state index contributed by atoms with van der Waals surface area (Å²) in [5, 5.41) is 3.39. The first-order chi connectivity index (χ1) is 7.58. The molecule has 0 radical (unpaired) electrons. The number of carbonyl (C=O) groups excluding carboxylic acids is 1. The van der Waals surface area contributed by atoms with Gasteiger partial charge in [0.2, 0.25) is 5.91 Å². The van der Waals surface area contributed by atoms with Crippen LogP contribution in [0, 0.1) is 5.92 Å². The van der Waals surface area contributed by atoms with Gasteiger partial charge >= 0.3 is 0 Å². The molecule has 0 aromatic rings. The molecule has 1 heterocycles. The minimum atomic E-state index is -0.0134. The number of hydrogen-bond acceptors (Lipinski definition) is 3. The van der Waals surface area contributed by atoms with E-state index in [2.05, 4.69) is 22.0 Å². The molecule has 1 saturated carbocycles. The molecule has 0 bridgehead atoms. The van der Waals surface area contributed by atoms with E-state index in [4.69, 9.17) is 0 Å². The summed E-state index contributed by atoms with van der Waals surface area (Å²) in [6.07, 6.45) is 2.40. The molecule has 2 fully saturated rings. The molecule has 1 saturated heterocycles. The maximum absolute atomic E-state index is 12.3. The van der Waals surface area contributed by atoms with Crippen molar-refractivity contribution < 1.29 is 4.79 Å². The maximum Gasteiger partial charge on any atom is 0.241 e. The SMILES string of the molecule is CC1CNC(CN(C)C)C(=O)N(C2CC2)C1. The van der Waals surface area contributed by atoms with E-state index in [9.17, 15) is 4.79 Å². The van der Waals surface area contributed by atoms with E-state index < -0.39 is 0 Å². The van der Waals surface area contributed by atoms with E-state index in [1.165, 1.54) is 12.8 Å². The first kappa shape index (κ1) is 11.9. The quantitative estimate of drug-likeness (QED) is 0.742. The van der Waals surface area contributed by atoms with Crippen molar-refractivity contribution >= 4 is 5.91 Å². The van der Waals surface area contributed by atoms with Crippen LogP contribution < -0.4 is 5.32 Å². The van der Waals surface area contributed by atoms with Crippen LogP contribution in [0.15, 0.2) is 0 Å². The van der Waals surface area contributed by atoms with Gasteiger partial charge in [0.1, 0.15) is 0 Å². The second-order valence-electron chi connectivity index (χ2n) is 5.55. The van der Waals surface area contributed by atoms with Crippen LogP contribution in [0.25, 0.3) is 0 Å². The summed E-state index contributed by atoms with van der Waals surface area (Å²) in [4.78, 5) is 16.5. The molecular formula is C12H23N3O. The second-order valence-corrected chi connectivity index (χ2v) is 5.55. The molecule has 2 aliphatic rings. The Morgan fingerprint density at radius 1 is 1.44 bits per heavy atom. The van der Waals surface area contributed by atoms with Crippen LogP contribution in [-0.4, -0.2) is 61.5 Å². The van der Waals surface area contributed by atoms with Gasteiger partial charge in [0.25, 0.3) is 0 Å². The number of likely N-dealkylation sites (N-methyl/N-ethyl adjacent to an activating group) is 1. The van der Waals surface area contributed by atoms with E-state index in [-0.39, 0.29) is 6.04 Å². The predicted octanol–water partition coefficient (Wildman–Crippen LogP) is 0.147. The fourth-order valence-electron chi connectivity index (χ4n) is 2.34. The van der Waals surface area contributed by atoms with Crippen molar-refractivity contribution in [3.8, 4) is 0 Å². The normalized spacial score (nSPS) is 32.0. The van der Waals surface area contributed by atoms with Crippen molar-refractivity contribution in [2.45, 2.75) is 31.8 Å². The van der Waals surface area contributed by atoms with E-state index in [0.717, 1.165) is 19.6 Å². The Labute approximate surface area is 98.0 Å². The minimum absolute atomic E-state index is 0.0134. The largest absolute Gasteiger partial charge is 0.338 e. The Kier molecular flexibility index (Phi) is 3.50. The van der Waals surface area contributed by atoms with Crippen LogP contribution in [0.1, 0.15) is 19.8 Å². The van der Waals surface area contributed by atoms with Gasteiger partial charge in [-0.25, -0.2) is 0 Å². The minimum Gasteiger partial charge on any atom is -0.338 e. The number of nitrogens with one attached hydrogen (secondary N) is 1. The highest BCUT2D eigenvalue weighted by Crippen LogP contribution is 2.29. The number of amides is 1. The summed E-state index contributed by atoms with van der Waals surface area (Å²) < 4.78 is 0. The van der Waals surface area contributed by atoms with Crippen LogP contribution in [0.5, 0.6) is 0 Å². The van der Waals surface area contributed by atoms with Gasteiger partial charge in [-0.1, -0.05) is 6.92 Å². The Morgan fingerprint density at radius 3 is 2.69 bits per heavy atom. The molecule has 1 N–H and O–H groups in total. The standard InChI is InChI=1S/C12H23N3O/c1-9-6-13-11(8-14(2)3)12(16)15(7-9)10-4-5-10/h9-11,13H,4-8H2,1-3H3.